The summed E-state index contributed by atoms with van der Waals surface area (Å²) in [5, 5.41) is 14.7. The number of benzene rings is 3. The van der Waals surface area contributed by atoms with E-state index in [0.29, 0.717) is 22.9 Å². The van der Waals surface area contributed by atoms with E-state index in [9.17, 15) is 14.3 Å². The predicted octanol–water partition coefficient (Wildman–Crippen LogP) is 3.54. The molecule has 1 aliphatic rings. The number of rotatable bonds is 9. The highest BCUT2D eigenvalue weighted by atomic mass is 35.5. The molecule has 3 aromatic rings. The maximum Gasteiger partial charge on any atom is 0.265 e. The van der Waals surface area contributed by atoms with E-state index >= 15 is 0 Å². The Morgan fingerprint density at radius 2 is 1.94 bits per heavy atom. The molecule has 3 aromatic carbocycles. The fourth-order valence-corrected chi connectivity index (χ4v) is 3.97. The van der Waals surface area contributed by atoms with Crippen molar-refractivity contribution in [1.29, 1.82) is 0 Å². The highest BCUT2D eigenvalue weighted by Gasteiger charge is 2.23. The molecular formula is C24H25Cl2FN4O3. The first-order valence-corrected chi connectivity index (χ1v) is 11.6. The molecule has 2 unspecified atom stereocenters. The summed E-state index contributed by atoms with van der Waals surface area (Å²) in [6.07, 6.45) is 0.0355. The Bertz CT molecular complexity index is 1170. The molecule has 180 valence electrons. The fraction of sp³-hybridized carbons (Fsp3) is 0.292. The third-order valence-electron chi connectivity index (χ3n) is 5.53. The number of hydrazine groups is 2. The van der Waals surface area contributed by atoms with Crippen LogP contribution in [0.15, 0.2) is 54.6 Å². The molecule has 2 atom stereocenters. The molecule has 7 nitrogen and oxygen atoms in total. The first-order chi connectivity index (χ1) is 16.4. The van der Waals surface area contributed by atoms with Gasteiger partial charge in [0.05, 0.1) is 5.02 Å². The Hall–Kier alpha value is -2.46. The van der Waals surface area contributed by atoms with Gasteiger partial charge in [0.2, 0.25) is 0 Å². The Balaban J connectivity index is 1.17. The zero-order valence-electron chi connectivity index (χ0n) is 18.2. The standard InChI is InChI=1S/C24H25Cl2FN4O3/c25-18-4-3-15-9-17(2-1-16(15)10-18)24(33)30-29-19-7-8-31(13-19)28-12-20(32)14-34-21-5-6-22(26)23(27)11-21/h1-6,9-11,19-20,28-29,32H,7-8,12-14H2,(H,30,33). The minimum atomic E-state index is -0.784. The molecule has 4 N–H and O–H groups in total. The van der Waals surface area contributed by atoms with Crippen molar-refractivity contribution < 1.29 is 19.0 Å². The minimum Gasteiger partial charge on any atom is -0.491 e. The molecule has 0 radical (unpaired) electrons. The summed E-state index contributed by atoms with van der Waals surface area (Å²) in [5.41, 5.74) is 9.56. The first kappa shape index (κ1) is 24.7. The minimum absolute atomic E-state index is 0.0115. The fourth-order valence-electron chi connectivity index (χ4n) is 3.67. The average molecular weight is 507 g/mol. The maximum absolute atomic E-state index is 13.4. The number of nitrogens with one attached hydrogen (secondary N) is 3. The van der Waals surface area contributed by atoms with Gasteiger partial charge in [-0.3, -0.25) is 15.6 Å². The monoisotopic (exact) mass is 506 g/mol. The molecule has 1 amide bonds. The van der Waals surface area contributed by atoms with Crippen molar-refractivity contribution in [3.8, 4) is 5.75 Å². The van der Waals surface area contributed by atoms with Gasteiger partial charge in [0.15, 0.2) is 0 Å². The first-order valence-electron chi connectivity index (χ1n) is 10.9. The van der Waals surface area contributed by atoms with Crippen LogP contribution >= 0.6 is 23.2 Å². The molecular weight excluding hydrogens is 482 g/mol. The van der Waals surface area contributed by atoms with Gasteiger partial charge in [-0.25, -0.2) is 14.8 Å². The summed E-state index contributed by atoms with van der Waals surface area (Å²) in [4.78, 5) is 12.5. The van der Waals surface area contributed by atoms with Crippen LogP contribution in [0.25, 0.3) is 10.8 Å². The Morgan fingerprint density at radius 1 is 1.15 bits per heavy atom. The molecule has 4 rings (SSSR count). The van der Waals surface area contributed by atoms with E-state index in [0.717, 1.165) is 23.7 Å². The van der Waals surface area contributed by atoms with E-state index in [1.54, 1.807) is 18.2 Å². The summed E-state index contributed by atoms with van der Waals surface area (Å²) in [5.74, 6) is -0.480. The van der Waals surface area contributed by atoms with E-state index < -0.39 is 11.9 Å². The lowest BCUT2D eigenvalue weighted by Gasteiger charge is -2.20. The summed E-state index contributed by atoms with van der Waals surface area (Å²) < 4.78 is 18.9. The van der Waals surface area contributed by atoms with Gasteiger partial charge in [-0.1, -0.05) is 35.3 Å². The zero-order valence-corrected chi connectivity index (χ0v) is 19.7. The maximum atomic E-state index is 13.4. The van der Waals surface area contributed by atoms with Crippen molar-refractivity contribution >= 4 is 39.9 Å². The molecule has 1 aliphatic heterocycles. The second-order valence-electron chi connectivity index (χ2n) is 8.14. The third kappa shape index (κ3) is 6.56. The van der Waals surface area contributed by atoms with Crippen LogP contribution in [0.4, 0.5) is 4.39 Å². The highest BCUT2D eigenvalue weighted by molar-refractivity contribution is 6.31. The Morgan fingerprint density at radius 3 is 2.76 bits per heavy atom. The van der Waals surface area contributed by atoms with Crippen molar-refractivity contribution in [2.45, 2.75) is 18.6 Å². The predicted molar refractivity (Wildman–Crippen MR) is 130 cm³/mol. The number of ether oxygens (including phenoxy) is 1. The summed E-state index contributed by atoms with van der Waals surface area (Å²) in [7, 11) is 0. The smallest absolute Gasteiger partial charge is 0.265 e. The lowest BCUT2D eigenvalue weighted by Crippen LogP contribution is -2.48. The van der Waals surface area contributed by atoms with E-state index in [-0.39, 0.29) is 30.1 Å². The van der Waals surface area contributed by atoms with Crippen LogP contribution in [0.3, 0.4) is 0 Å². The largest absolute Gasteiger partial charge is 0.491 e. The van der Waals surface area contributed by atoms with Gasteiger partial charge in [-0.15, -0.1) is 0 Å². The molecule has 0 saturated carbocycles. The number of fused-ring (bicyclic) bond motifs is 1. The van der Waals surface area contributed by atoms with Crippen LogP contribution in [0.5, 0.6) is 5.75 Å². The topological polar surface area (TPSA) is 85.9 Å². The molecule has 1 saturated heterocycles. The van der Waals surface area contributed by atoms with Crippen molar-refractivity contribution in [3.63, 3.8) is 0 Å². The number of nitrogens with zero attached hydrogens (tertiary/aromatic N) is 1. The van der Waals surface area contributed by atoms with Crippen molar-refractivity contribution in [2.75, 3.05) is 26.2 Å². The van der Waals surface area contributed by atoms with Crippen LogP contribution in [0.2, 0.25) is 10.0 Å². The molecule has 10 heteroatoms. The van der Waals surface area contributed by atoms with E-state index in [1.165, 1.54) is 12.1 Å². The van der Waals surface area contributed by atoms with Crippen molar-refractivity contribution in [3.05, 3.63) is 76.0 Å². The normalized spacial score (nSPS) is 17.1. The number of amides is 1. The number of carbonyl (C=O) groups excluding carboxylic acids is 1. The highest BCUT2D eigenvalue weighted by Crippen LogP contribution is 2.21. The average Bonchev–Trinajstić information content (AvgIpc) is 3.29. The van der Waals surface area contributed by atoms with Crippen LogP contribution < -0.4 is 21.0 Å². The lowest BCUT2D eigenvalue weighted by molar-refractivity contribution is 0.0813. The van der Waals surface area contributed by atoms with Crippen molar-refractivity contribution in [2.24, 2.45) is 0 Å². The third-order valence-corrected chi connectivity index (χ3v) is 6.07. The number of hydrogen-bond donors (Lipinski definition) is 4. The van der Waals surface area contributed by atoms with Crippen LogP contribution in [-0.2, 0) is 0 Å². The lowest BCUT2D eigenvalue weighted by atomic mass is 10.1. The quantitative estimate of drug-likeness (QED) is 0.332. The van der Waals surface area contributed by atoms with Gasteiger partial charge in [0, 0.05) is 42.3 Å². The van der Waals surface area contributed by atoms with Crippen LogP contribution in [-0.4, -0.2) is 54.4 Å². The summed E-state index contributed by atoms with van der Waals surface area (Å²) >= 11 is 11.7. The molecule has 0 spiro atoms. The molecule has 0 aromatic heterocycles. The van der Waals surface area contributed by atoms with Crippen LogP contribution in [0.1, 0.15) is 16.8 Å². The van der Waals surface area contributed by atoms with E-state index in [4.69, 9.17) is 27.9 Å². The van der Waals surface area contributed by atoms with Gasteiger partial charge in [-0.2, -0.15) is 0 Å². The molecule has 1 fully saturated rings. The number of carbonyl (C=O) groups is 1. The van der Waals surface area contributed by atoms with Gasteiger partial charge < -0.3 is 9.84 Å². The van der Waals surface area contributed by atoms with Gasteiger partial charge in [-0.05, 0) is 53.6 Å². The molecule has 34 heavy (non-hydrogen) atoms. The summed E-state index contributed by atoms with van der Waals surface area (Å²) in [6, 6.07) is 15.2. The zero-order chi connectivity index (χ0) is 24.1. The van der Waals surface area contributed by atoms with Gasteiger partial charge in [0.1, 0.15) is 24.3 Å². The SMILES string of the molecule is O=C(NNC1CCN(NCC(O)COc2ccc(Cl)c(F)c2)C1)c1ccc2cc(Cl)ccc2c1. The van der Waals surface area contributed by atoms with Crippen molar-refractivity contribution in [1.82, 2.24) is 21.3 Å². The number of hydrogen-bond acceptors (Lipinski definition) is 6. The molecule has 0 bridgehead atoms. The second kappa shape index (κ2) is 11.3. The second-order valence-corrected chi connectivity index (χ2v) is 8.98. The number of aliphatic hydroxyl groups excluding tert-OH is 1. The van der Waals surface area contributed by atoms with Gasteiger partial charge >= 0.3 is 0 Å². The van der Waals surface area contributed by atoms with E-state index in [1.807, 2.05) is 29.3 Å². The van der Waals surface area contributed by atoms with E-state index in [2.05, 4.69) is 16.3 Å². The molecule has 0 aliphatic carbocycles. The summed E-state index contributed by atoms with van der Waals surface area (Å²) in [6.45, 7) is 1.68. The Kier molecular flexibility index (Phi) is 8.20. The van der Waals surface area contributed by atoms with Gasteiger partial charge in [0.25, 0.3) is 5.91 Å². The number of halogens is 3. The van der Waals surface area contributed by atoms with Crippen LogP contribution in [0, 0.1) is 5.82 Å². The Labute approximate surface area is 206 Å². The number of aliphatic hydroxyl groups is 1. The molecule has 1 heterocycles.